The standard InChI is InChI=1S/C7H16N2O2/c1-3-4-5(8)6(10)7(11)9-2/h5-6,10H,3-4,8H2,1-2H3,(H,9,11). The summed E-state index contributed by atoms with van der Waals surface area (Å²) in [6.45, 7) is 1.95. The Hall–Kier alpha value is -0.610. The van der Waals surface area contributed by atoms with Gasteiger partial charge in [0.25, 0.3) is 0 Å². The van der Waals surface area contributed by atoms with E-state index in [-0.39, 0.29) is 0 Å². The van der Waals surface area contributed by atoms with Gasteiger partial charge in [0, 0.05) is 13.1 Å². The average molecular weight is 160 g/mol. The van der Waals surface area contributed by atoms with E-state index in [2.05, 4.69) is 5.32 Å². The molecule has 0 saturated carbocycles. The van der Waals surface area contributed by atoms with Crippen molar-refractivity contribution in [1.29, 1.82) is 0 Å². The van der Waals surface area contributed by atoms with E-state index in [4.69, 9.17) is 5.73 Å². The zero-order valence-corrected chi connectivity index (χ0v) is 7.00. The fourth-order valence-corrected chi connectivity index (χ4v) is 0.834. The molecule has 66 valence electrons. The Kier molecular flexibility index (Phi) is 4.81. The summed E-state index contributed by atoms with van der Waals surface area (Å²) in [6.07, 6.45) is 0.462. The number of rotatable bonds is 4. The van der Waals surface area contributed by atoms with Crippen molar-refractivity contribution in [2.24, 2.45) is 5.73 Å². The molecule has 0 saturated heterocycles. The van der Waals surface area contributed by atoms with Crippen LogP contribution >= 0.6 is 0 Å². The molecule has 0 aromatic carbocycles. The Labute approximate surface area is 66.8 Å². The molecular formula is C7H16N2O2. The summed E-state index contributed by atoms with van der Waals surface area (Å²) in [4.78, 5) is 10.8. The second-order valence-electron chi connectivity index (χ2n) is 2.51. The van der Waals surface area contributed by atoms with Crippen molar-refractivity contribution in [3.8, 4) is 0 Å². The summed E-state index contributed by atoms with van der Waals surface area (Å²) in [5.74, 6) is -0.411. The Balaban J connectivity index is 3.80. The molecule has 11 heavy (non-hydrogen) atoms. The highest BCUT2D eigenvalue weighted by Crippen LogP contribution is 1.98. The van der Waals surface area contributed by atoms with Crippen molar-refractivity contribution < 1.29 is 9.90 Å². The normalized spacial score (nSPS) is 15.6. The lowest BCUT2D eigenvalue weighted by Gasteiger charge is -2.15. The van der Waals surface area contributed by atoms with Crippen LogP contribution in [0.1, 0.15) is 19.8 Å². The second kappa shape index (κ2) is 5.09. The fourth-order valence-electron chi connectivity index (χ4n) is 0.834. The van der Waals surface area contributed by atoms with E-state index in [1.165, 1.54) is 7.05 Å². The quantitative estimate of drug-likeness (QED) is 0.505. The zero-order chi connectivity index (χ0) is 8.85. The molecule has 0 rings (SSSR count). The van der Waals surface area contributed by atoms with Gasteiger partial charge in [0.15, 0.2) is 0 Å². The first kappa shape index (κ1) is 10.4. The van der Waals surface area contributed by atoms with E-state index < -0.39 is 18.1 Å². The summed E-state index contributed by atoms with van der Waals surface area (Å²) < 4.78 is 0. The molecule has 0 aliphatic carbocycles. The molecule has 1 amide bonds. The first-order valence-corrected chi connectivity index (χ1v) is 3.78. The van der Waals surface area contributed by atoms with Gasteiger partial charge in [-0.2, -0.15) is 0 Å². The molecule has 4 nitrogen and oxygen atoms in total. The van der Waals surface area contributed by atoms with Gasteiger partial charge in [-0.15, -0.1) is 0 Å². The number of aliphatic hydroxyl groups excluding tert-OH is 1. The summed E-state index contributed by atoms with van der Waals surface area (Å²) in [6, 6.07) is -0.444. The number of amides is 1. The van der Waals surface area contributed by atoms with Crippen LogP contribution in [0.3, 0.4) is 0 Å². The number of carbonyl (C=O) groups is 1. The Bertz CT molecular complexity index is 128. The maximum absolute atomic E-state index is 10.8. The molecule has 2 unspecified atom stereocenters. The monoisotopic (exact) mass is 160 g/mol. The average Bonchev–Trinajstić information content (AvgIpc) is 2.02. The summed E-state index contributed by atoms with van der Waals surface area (Å²) in [5, 5.41) is 11.5. The fraction of sp³-hybridized carbons (Fsp3) is 0.857. The minimum absolute atomic E-state index is 0.411. The van der Waals surface area contributed by atoms with Gasteiger partial charge in [0.1, 0.15) is 6.10 Å². The first-order valence-electron chi connectivity index (χ1n) is 3.78. The molecule has 0 aliphatic rings. The van der Waals surface area contributed by atoms with E-state index in [9.17, 15) is 9.90 Å². The maximum Gasteiger partial charge on any atom is 0.250 e. The van der Waals surface area contributed by atoms with Gasteiger partial charge in [-0.05, 0) is 6.42 Å². The van der Waals surface area contributed by atoms with Crippen LogP contribution in [0.25, 0.3) is 0 Å². The molecule has 4 heteroatoms. The highest BCUT2D eigenvalue weighted by Gasteiger charge is 2.20. The molecule has 2 atom stereocenters. The third-order valence-corrected chi connectivity index (χ3v) is 1.54. The van der Waals surface area contributed by atoms with Crippen LogP contribution < -0.4 is 11.1 Å². The van der Waals surface area contributed by atoms with Crippen molar-refractivity contribution in [2.75, 3.05) is 7.05 Å². The van der Waals surface area contributed by atoms with Crippen LogP contribution in [0.2, 0.25) is 0 Å². The summed E-state index contributed by atoms with van der Waals surface area (Å²) in [5.41, 5.74) is 5.49. The van der Waals surface area contributed by atoms with Gasteiger partial charge in [0.05, 0.1) is 0 Å². The molecule has 4 N–H and O–H groups in total. The van der Waals surface area contributed by atoms with Crippen molar-refractivity contribution in [1.82, 2.24) is 5.32 Å². The van der Waals surface area contributed by atoms with Crippen LogP contribution in [-0.4, -0.2) is 30.2 Å². The number of likely N-dealkylation sites (N-methyl/N-ethyl adjacent to an activating group) is 1. The molecule has 0 spiro atoms. The van der Waals surface area contributed by atoms with E-state index in [0.29, 0.717) is 6.42 Å². The molecule has 0 aromatic heterocycles. The number of hydrogen-bond acceptors (Lipinski definition) is 3. The molecule has 0 fully saturated rings. The van der Waals surface area contributed by atoms with E-state index >= 15 is 0 Å². The molecule has 0 heterocycles. The SMILES string of the molecule is CCCC(N)C(O)C(=O)NC. The second-order valence-corrected chi connectivity index (χ2v) is 2.51. The van der Waals surface area contributed by atoms with Crippen LogP contribution in [0.4, 0.5) is 0 Å². The lowest BCUT2D eigenvalue weighted by Crippen LogP contribution is -2.45. The minimum atomic E-state index is -1.07. The van der Waals surface area contributed by atoms with Gasteiger partial charge in [0.2, 0.25) is 5.91 Å². The number of aliphatic hydroxyl groups is 1. The van der Waals surface area contributed by atoms with E-state index in [0.717, 1.165) is 6.42 Å². The van der Waals surface area contributed by atoms with E-state index in [1.807, 2.05) is 6.92 Å². The number of carbonyl (C=O) groups excluding carboxylic acids is 1. The zero-order valence-electron chi connectivity index (χ0n) is 7.00. The van der Waals surface area contributed by atoms with Gasteiger partial charge in [-0.3, -0.25) is 4.79 Å². The molecule has 0 radical (unpaired) electrons. The van der Waals surface area contributed by atoms with Crippen molar-refractivity contribution >= 4 is 5.91 Å². The van der Waals surface area contributed by atoms with E-state index in [1.54, 1.807) is 0 Å². The van der Waals surface area contributed by atoms with Crippen LogP contribution in [0.5, 0.6) is 0 Å². The highest BCUT2D eigenvalue weighted by molar-refractivity contribution is 5.80. The third kappa shape index (κ3) is 3.34. The van der Waals surface area contributed by atoms with Gasteiger partial charge in [-0.25, -0.2) is 0 Å². The predicted octanol–water partition coefficient (Wildman–Crippen LogP) is -0.779. The predicted molar refractivity (Wildman–Crippen MR) is 43.0 cm³/mol. The van der Waals surface area contributed by atoms with Gasteiger partial charge >= 0.3 is 0 Å². The van der Waals surface area contributed by atoms with Crippen LogP contribution in [0.15, 0.2) is 0 Å². The van der Waals surface area contributed by atoms with Crippen molar-refractivity contribution in [3.63, 3.8) is 0 Å². The highest BCUT2D eigenvalue weighted by atomic mass is 16.3. The summed E-state index contributed by atoms with van der Waals surface area (Å²) in [7, 11) is 1.48. The van der Waals surface area contributed by atoms with Gasteiger partial charge in [-0.1, -0.05) is 13.3 Å². The van der Waals surface area contributed by atoms with Crippen LogP contribution in [-0.2, 0) is 4.79 Å². The number of hydrogen-bond donors (Lipinski definition) is 3. The minimum Gasteiger partial charge on any atom is -0.382 e. The first-order chi connectivity index (χ1) is 5.13. The largest absolute Gasteiger partial charge is 0.382 e. The van der Waals surface area contributed by atoms with Crippen LogP contribution in [0, 0.1) is 0 Å². The lowest BCUT2D eigenvalue weighted by molar-refractivity contribution is -0.129. The third-order valence-electron chi connectivity index (χ3n) is 1.54. The molecule has 0 aliphatic heterocycles. The Morgan fingerprint density at radius 3 is 2.64 bits per heavy atom. The maximum atomic E-state index is 10.8. The molecular weight excluding hydrogens is 144 g/mol. The molecule has 0 aromatic rings. The van der Waals surface area contributed by atoms with Crippen molar-refractivity contribution in [2.45, 2.75) is 31.9 Å². The number of nitrogens with one attached hydrogen (secondary N) is 1. The Morgan fingerprint density at radius 2 is 2.27 bits per heavy atom. The summed E-state index contributed by atoms with van der Waals surface area (Å²) >= 11 is 0. The molecule has 0 bridgehead atoms. The van der Waals surface area contributed by atoms with Gasteiger partial charge < -0.3 is 16.2 Å². The topological polar surface area (TPSA) is 75.3 Å². The number of nitrogens with two attached hydrogens (primary N) is 1. The smallest absolute Gasteiger partial charge is 0.250 e. The lowest BCUT2D eigenvalue weighted by atomic mass is 10.1. The van der Waals surface area contributed by atoms with Crippen molar-refractivity contribution in [3.05, 3.63) is 0 Å². The Morgan fingerprint density at radius 1 is 1.73 bits per heavy atom.